The summed E-state index contributed by atoms with van der Waals surface area (Å²) in [4.78, 5) is 16.8. The molecule has 0 spiro atoms. The normalized spacial score (nSPS) is 18.8. The summed E-state index contributed by atoms with van der Waals surface area (Å²) in [5, 5.41) is 0. The Morgan fingerprint density at radius 2 is 1.85 bits per heavy atom. The molecule has 0 aromatic carbocycles. The Bertz CT molecular complexity index is 1050. The third kappa shape index (κ3) is 4.50. The number of aryl methyl sites for hydroxylation is 2. The number of pyridine rings is 2. The van der Waals surface area contributed by atoms with Crippen LogP contribution in [0.1, 0.15) is 67.2 Å². The van der Waals surface area contributed by atoms with Crippen molar-refractivity contribution in [3.05, 3.63) is 65.6 Å². The van der Waals surface area contributed by atoms with E-state index in [9.17, 15) is 0 Å². The highest BCUT2D eigenvalue weighted by Gasteiger charge is 2.27. The molecule has 5 nitrogen and oxygen atoms in total. The molecular formula is C28H37N5. The number of aromatic nitrogens is 2. The summed E-state index contributed by atoms with van der Waals surface area (Å²) in [6, 6.07) is 4.62. The van der Waals surface area contributed by atoms with Gasteiger partial charge in [-0.15, -0.1) is 0 Å². The van der Waals surface area contributed by atoms with E-state index in [0.717, 1.165) is 81.4 Å². The van der Waals surface area contributed by atoms with E-state index in [-0.39, 0.29) is 0 Å². The van der Waals surface area contributed by atoms with Gasteiger partial charge >= 0.3 is 0 Å². The number of allylic oxidation sites excluding steroid dienone is 1. The Balaban J connectivity index is 1.26. The lowest BCUT2D eigenvalue weighted by atomic mass is 10.0. The number of hydrogen-bond donors (Lipinski definition) is 0. The number of rotatable bonds is 7. The number of piperazine rings is 1. The molecule has 4 heterocycles. The molecule has 0 N–H and O–H groups in total. The van der Waals surface area contributed by atoms with Crippen molar-refractivity contribution in [3.63, 3.8) is 0 Å². The van der Waals surface area contributed by atoms with Crippen LogP contribution in [0.2, 0.25) is 0 Å². The fourth-order valence-electron chi connectivity index (χ4n) is 5.26. The predicted molar refractivity (Wildman–Crippen MR) is 138 cm³/mol. The Kier molecular flexibility index (Phi) is 6.13. The van der Waals surface area contributed by atoms with Crippen LogP contribution in [0.4, 0.5) is 11.6 Å². The van der Waals surface area contributed by atoms with Gasteiger partial charge in [-0.2, -0.15) is 0 Å². The van der Waals surface area contributed by atoms with Crippen LogP contribution < -0.4 is 9.80 Å². The third-order valence-electron chi connectivity index (χ3n) is 7.41. The molecule has 0 bridgehead atoms. The van der Waals surface area contributed by atoms with Crippen molar-refractivity contribution in [2.75, 3.05) is 42.5 Å². The first-order chi connectivity index (χ1) is 16.0. The Labute approximate surface area is 198 Å². The minimum Gasteiger partial charge on any atom is -0.368 e. The first-order valence-electron chi connectivity index (χ1n) is 12.6. The zero-order chi connectivity index (χ0) is 22.9. The average Bonchev–Trinajstić information content (AvgIpc) is 3.59. The molecule has 0 radical (unpaired) electrons. The van der Waals surface area contributed by atoms with Gasteiger partial charge < -0.3 is 14.7 Å². The monoisotopic (exact) mass is 443 g/mol. The molecule has 5 heteroatoms. The topological polar surface area (TPSA) is 35.5 Å². The number of nitrogens with zero attached hydrogens (tertiary/aromatic N) is 5. The van der Waals surface area contributed by atoms with Crippen molar-refractivity contribution in [3.8, 4) is 0 Å². The molecule has 2 aromatic rings. The second-order valence-electron chi connectivity index (χ2n) is 9.88. The second-order valence-corrected chi connectivity index (χ2v) is 9.88. The maximum atomic E-state index is 4.94. The molecule has 2 aliphatic heterocycles. The third-order valence-corrected chi connectivity index (χ3v) is 7.41. The predicted octanol–water partition coefficient (Wildman–Crippen LogP) is 5.52. The minimum atomic E-state index is 0.758. The first-order valence-corrected chi connectivity index (χ1v) is 12.6. The Hall–Kier alpha value is -2.82. The van der Waals surface area contributed by atoms with Gasteiger partial charge in [-0.25, -0.2) is 9.97 Å². The van der Waals surface area contributed by atoms with E-state index < -0.39 is 0 Å². The lowest BCUT2D eigenvalue weighted by Gasteiger charge is -2.38. The van der Waals surface area contributed by atoms with E-state index in [2.05, 4.69) is 60.0 Å². The largest absolute Gasteiger partial charge is 0.368 e. The molecule has 0 atom stereocenters. The number of anilines is 2. The van der Waals surface area contributed by atoms with Gasteiger partial charge in [-0.3, -0.25) is 0 Å². The van der Waals surface area contributed by atoms with Crippen LogP contribution in [0, 0.1) is 6.92 Å². The van der Waals surface area contributed by atoms with Crippen LogP contribution in [-0.4, -0.2) is 47.6 Å². The summed E-state index contributed by atoms with van der Waals surface area (Å²) >= 11 is 0. The smallest absolute Gasteiger partial charge is 0.132 e. The van der Waals surface area contributed by atoms with E-state index in [4.69, 9.17) is 9.97 Å². The van der Waals surface area contributed by atoms with Crippen LogP contribution in [-0.2, 0) is 6.42 Å². The fraction of sp³-hybridized carbons (Fsp3) is 0.500. The maximum absolute atomic E-state index is 4.94. The van der Waals surface area contributed by atoms with E-state index in [1.54, 1.807) is 0 Å². The van der Waals surface area contributed by atoms with E-state index in [1.165, 1.54) is 41.0 Å². The van der Waals surface area contributed by atoms with Gasteiger partial charge in [-0.1, -0.05) is 32.6 Å². The molecule has 1 aliphatic carbocycles. The molecule has 3 fully saturated rings. The minimum absolute atomic E-state index is 0.758. The molecule has 3 aliphatic rings. The summed E-state index contributed by atoms with van der Waals surface area (Å²) in [5.74, 6) is 2.97. The van der Waals surface area contributed by atoms with Gasteiger partial charge in [0.1, 0.15) is 11.6 Å². The van der Waals surface area contributed by atoms with Crippen LogP contribution >= 0.6 is 0 Å². The summed E-state index contributed by atoms with van der Waals surface area (Å²) < 4.78 is 0. The van der Waals surface area contributed by atoms with Gasteiger partial charge in [0, 0.05) is 62.1 Å². The van der Waals surface area contributed by atoms with E-state index >= 15 is 0 Å². The van der Waals surface area contributed by atoms with Crippen molar-refractivity contribution < 1.29 is 0 Å². The van der Waals surface area contributed by atoms with Gasteiger partial charge in [0.2, 0.25) is 0 Å². The molecule has 174 valence electrons. The first kappa shape index (κ1) is 22.0. The van der Waals surface area contributed by atoms with Crippen molar-refractivity contribution in [2.45, 2.75) is 58.3 Å². The fourth-order valence-corrected chi connectivity index (χ4v) is 5.26. The highest BCUT2D eigenvalue weighted by molar-refractivity contribution is 5.67. The van der Waals surface area contributed by atoms with Crippen molar-refractivity contribution in [1.82, 2.24) is 14.9 Å². The van der Waals surface area contributed by atoms with E-state index in [0.29, 0.717) is 0 Å². The molecule has 2 saturated heterocycles. The quantitative estimate of drug-likeness (QED) is 0.563. The standard InChI is InChI=1S/C28H37N5/c1-5-7-24-17-25(23-9-10-23)18-30-28(24)32-14-12-31(13-15-32)22(4)26-19-29-27(16-20(26)2)33-11-6-8-21(33)3/h16-19,23H,3-15H2,1-2H3. The van der Waals surface area contributed by atoms with Crippen LogP contribution in [0.25, 0.3) is 5.70 Å². The molecule has 33 heavy (non-hydrogen) atoms. The summed E-state index contributed by atoms with van der Waals surface area (Å²) in [7, 11) is 0. The lowest BCUT2D eigenvalue weighted by molar-refractivity contribution is 0.366. The molecule has 2 aromatic heterocycles. The Morgan fingerprint density at radius 3 is 2.48 bits per heavy atom. The zero-order valence-electron chi connectivity index (χ0n) is 20.3. The summed E-state index contributed by atoms with van der Waals surface area (Å²) in [6.45, 7) is 18.0. The Morgan fingerprint density at radius 1 is 1.06 bits per heavy atom. The highest BCUT2D eigenvalue weighted by atomic mass is 15.3. The molecule has 5 rings (SSSR count). The zero-order valence-corrected chi connectivity index (χ0v) is 20.3. The molecule has 1 saturated carbocycles. The molecular weight excluding hydrogens is 406 g/mol. The van der Waals surface area contributed by atoms with Crippen molar-refractivity contribution in [2.24, 2.45) is 0 Å². The summed E-state index contributed by atoms with van der Waals surface area (Å²) in [5.41, 5.74) is 7.50. The van der Waals surface area contributed by atoms with Gasteiger partial charge in [0.15, 0.2) is 0 Å². The second kappa shape index (κ2) is 9.20. The van der Waals surface area contributed by atoms with Crippen LogP contribution in [0.5, 0.6) is 0 Å². The van der Waals surface area contributed by atoms with Crippen molar-refractivity contribution in [1.29, 1.82) is 0 Å². The van der Waals surface area contributed by atoms with Gasteiger partial charge in [0.25, 0.3) is 0 Å². The van der Waals surface area contributed by atoms with Gasteiger partial charge in [0.05, 0.1) is 0 Å². The van der Waals surface area contributed by atoms with Gasteiger partial charge in [-0.05, 0) is 67.7 Å². The van der Waals surface area contributed by atoms with Crippen LogP contribution in [0.3, 0.4) is 0 Å². The molecule has 0 unspecified atom stereocenters. The van der Waals surface area contributed by atoms with E-state index in [1.807, 2.05) is 6.20 Å². The van der Waals surface area contributed by atoms with Crippen LogP contribution in [0.15, 0.2) is 43.4 Å². The average molecular weight is 444 g/mol. The summed E-state index contributed by atoms with van der Waals surface area (Å²) in [6.07, 6.45) is 11.3. The maximum Gasteiger partial charge on any atom is 0.132 e. The SMILES string of the molecule is C=C(c1cnc(N2CCCC2=C)cc1C)N1CCN(c2ncc(C3CC3)cc2CCC)CC1. The van der Waals surface area contributed by atoms with Crippen molar-refractivity contribution >= 4 is 17.3 Å². The lowest BCUT2D eigenvalue weighted by Crippen LogP contribution is -2.46. The number of hydrogen-bond acceptors (Lipinski definition) is 5. The molecule has 0 amide bonds. The highest BCUT2D eigenvalue weighted by Crippen LogP contribution is 2.41.